The second-order valence-electron chi connectivity index (χ2n) is 11.9. The first-order valence-electron chi connectivity index (χ1n) is 14.3. The molecule has 8 nitrogen and oxygen atoms in total. The van der Waals surface area contributed by atoms with Crippen molar-refractivity contribution in [2.75, 3.05) is 26.7 Å². The number of H-pyrrole nitrogens is 1. The molecule has 3 N–H and O–H groups in total. The lowest BCUT2D eigenvalue weighted by atomic mass is 9.85. The van der Waals surface area contributed by atoms with Crippen LogP contribution in [0.2, 0.25) is 0 Å². The molecule has 0 aliphatic carbocycles. The van der Waals surface area contributed by atoms with E-state index >= 15 is 0 Å². The Morgan fingerprint density at radius 3 is 2.48 bits per heavy atom. The number of nitrogens with zero attached hydrogens (tertiary/aromatic N) is 2. The van der Waals surface area contributed by atoms with Crippen LogP contribution in [0.1, 0.15) is 56.5 Å². The van der Waals surface area contributed by atoms with Gasteiger partial charge in [0, 0.05) is 42.8 Å². The lowest BCUT2D eigenvalue weighted by Gasteiger charge is -2.37. The summed E-state index contributed by atoms with van der Waals surface area (Å²) >= 11 is 0. The molecule has 2 heterocycles. The van der Waals surface area contributed by atoms with E-state index in [1.807, 2.05) is 73.0 Å². The molecule has 0 saturated carbocycles. The number of nitrogens with one attached hydrogen (secondary N) is 3. The van der Waals surface area contributed by atoms with E-state index in [0.29, 0.717) is 25.2 Å². The monoisotopic (exact) mass is 545 g/mol. The molecule has 214 valence electrons. The van der Waals surface area contributed by atoms with Crippen LogP contribution in [0.5, 0.6) is 0 Å². The lowest BCUT2D eigenvalue weighted by molar-refractivity contribution is -0.140. The number of carbonyl (C=O) groups excluding carboxylic acids is 3. The highest BCUT2D eigenvalue weighted by Gasteiger charge is 2.41. The summed E-state index contributed by atoms with van der Waals surface area (Å²) in [4.78, 5) is 47.7. The minimum atomic E-state index is -0.668. The van der Waals surface area contributed by atoms with Crippen LogP contribution in [-0.2, 0) is 16.0 Å². The van der Waals surface area contributed by atoms with Gasteiger partial charge in [-0.1, -0.05) is 69.3 Å². The maximum Gasteiger partial charge on any atom is 0.256 e. The second-order valence-corrected chi connectivity index (χ2v) is 11.9. The molecule has 0 bridgehead atoms. The summed E-state index contributed by atoms with van der Waals surface area (Å²) in [6.45, 7) is 9.28. The van der Waals surface area contributed by atoms with Crippen LogP contribution in [0, 0.1) is 5.41 Å². The van der Waals surface area contributed by atoms with Crippen molar-refractivity contribution >= 4 is 28.6 Å². The van der Waals surface area contributed by atoms with Crippen molar-refractivity contribution in [2.24, 2.45) is 5.41 Å². The third kappa shape index (κ3) is 6.73. The van der Waals surface area contributed by atoms with Crippen LogP contribution in [0.15, 0.2) is 60.8 Å². The molecule has 8 heteroatoms. The van der Waals surface area contributed by atoms with E-state index in [0.717, 1.165) is 35.7 Å². The zero-order valence-corrected chi connectivity index (χ0v) is 24.4. The van der Waals surface area contributed by atoms with E-state index in [2.05, 4.69) is 27.8 Å². The van der Waals surface area contributed by atoms with Crippen LogP contribution in [0.25, 0.3) is 10.9 Å². The van der Waals surface area contributed by atoms with E-state index < -0.39 is 17.5 Å². The van der Waals surface area contributed by atoms with Gasteiger partial charge in [0.15, 0.2) is 0 Å². The van der Waals surface area contributed by atoms with Crippen molar-refractivity contribution in [3.05, 3.63) is 71.9 Å². The van der Waals surface area contributed by atoms with Gasteiger partial charge in [0.2, 0.25) is 11.8 Å². The number of amides is 3. The summed E-state index contributed by atoms with van der Waals surface area (Å²) in [5, 5.41) is 6.83. The molecular weight excluding hydrogens is 502 g/mol. The van der Waals surface area contributed by atoms with Crippen molar-refractivity contribution in [3.63, 3.8) is 0 Å². The number of aromatic nitrogens is 1. The molecule has 3 atom stereocenters. The molecule has 1 fully saturated rings. The smallest absolute Gasteiger partial charge is 0.256 e. The van der Waals surface area contributed by atoms with Crippen LogP contribution in [-0.4, -0.2) is 77.3 Å². The van der Waals surface area contributed by atoms with E-state index in [9.17, 15) is 14.4 Å². The van der Waals surface area contributed by atoms with E-state index in [-0.39, 0.29) is 23.8 Å². The molecule has 3 amide bonds. The normalized spacial score (nSPS) is 17.0. The Labute approximate surface area is 237 Å². The Balaban J connectivity index is 1.57. The van der Waals surface area contributed by atoms with Gasteiger partial charge >= 0.3 is 0 Å². The Morgan fingerprint density at radius 2 is 1.77 bits per heavy atom. The summed E-state index contributed by atoms with van der Waals surface area (Å²) in [6, 6.07) is 16.8. The van der Waals surface area contributed by atoms with Gasteiger partial charge in [-0.15, -0.1) is 0 Å². The summed E-state index contributed by atoms with van der Waals surface area (Å²) in [7, 11) is 1.73. The molecule has 3 aromatic rings. The molecule has 1 aliphatic heterocycles. The first-order valence-corrected chi connectivity index (χ1v) is 14.3. The van der Waals surface area contributed by atoms with Gasteiger partial charge in [-0.05, 0) is 50.3 Å². The second kappa shape index (κ2) is 12.7. The third-order valence-electron chi connectivity index (χ3n) is 7.94. The highest BCUT2D eigenvalue weighted by molar-refractivity contribution is 6.06. The molecule has 2 aromatic carbocycles. The van der Waals surface area contributed by atoms with Crippen LogP contribution < -0.4 is 10.6 Å². The van der Waals surface area contributed by atoms with Gasteiger partial charge in [-0.25, -0.2) is 0 Å². The largest absolute Gasteiger partial charge is 0.360 e. The van der Waals surface area contributed by atoms with E-state index in [1.165, 1.54) is 0 Å². The number of hydrogen-bond donors (Lipinski definition) is 3. The number of benzene rings is 2. The predicted octanol–water partition coefficient (Wildman–Crippen LogP) is 3.98. The van der Waals surface area contributed by atoms with Gasteiger partial charge in [0.25, 0.3) is 5.91 Å². The Morgan fingerprint density at radius 1 is 1.07 bits per heavy atom. The lowest BCUT2D eigenvalue weighted by Crippen LogP contribution is -2.59. The average Bonchev–Trinajstić information content (AvgIpc) is 3.59. The third-order valence-corrected chi connectivity index (χ3v) is 7.94. The number of para-hydroxylation sites is 1. The molecule has 0 spiro atoms. The van der Waals surface area contributed by atoms with Crippen molar-refractivity contribution in [2.45, 2.75) is 65.1 Å². The predicted molar refractivity (Wildman–Crippen MR) is 159 cm³/mol. The number of hydrogen-bond acceptors (Lipinski definition) is 4. The molecule has 1 saturated heterocycles. The van der Waals surface area contributed by atoms with Gasteiger partial charge in [-0.3, -0.25) is 14.4 Å². The summed E-state index contributed by atoms with van der Waals surface area (Å²) in [5.74, 6) is -0.337. The SMILES string of the molecule is CNC(C)C(=O)NC(C(=O)N1CCCC1CN(CCc1ccccc1)C(=O)c1c[nH]c2ccccc12)C(C)(C)C. The Bertz CT molecular complexity index is 1310. The van der Waals surface area contributed by atoms with Crippen molar-refractivity contribution in [1.82, 2.24) is 25.4 Å². The summed E-state index contributed by atoms with van der Waals surface area (Å²) in [5.41, 5.74) is 2.25. The zero-order valence-electron chi connectivity index (χ0n) is 24.4. The molecular formula is C32H43N5O3. The van der Waals surface area contributed by atoms with Gasteiger partial charge in [0.1, 0.15) is 6.04 Å². The fourth-order valence-corrected chi connectivity index (χ4v) is 5.39. The van der Waals surface area contributed by atoms with Crippen molar-refractivity contribution in [1.29, 1.82) is 0 Å². The van der Waals surface area contributed by atoms with Crippen LogP contribution >= 0.6 is 0 Å². The van der Waals surface area contributed by atoms with E-state index in [4.69, 9.17) is 0 Å². The minimum Gasteiger partial charge on any atom is -0.360 e. The van der Waals surface area contributed by atoms with Crippen molar-refractivity contribution < 1.29 is 14.4 Å². The maximum absolute atomic E-state index is 14.0. The molecule has 40 heavy (non-hydrogen) atoms. The quantitative estimate of drug-likeness (QED) is 0.359. The topological polar surface area (TPSA) is 97.5 Å². The van der Waals surface area contributed by atoms with E-state index in [1.54, 1.807) is 20.2 Å². The fraction of sp³-hybridized carbons (Fsp3) is 0.469. The summed E-state index contributed by atoms with van der Waals surface area (Å²) in [6.07, 6.45) is 4.18. The Kier molecular flexibility index (Phi) is 9.30. The summed E-state index contributed by atoms with van der Waals surface area (Å²) < 4.78 is 0. The zero-order chi connectivity index (χ0) is 28.9. The van der Waals surface area contributed by atoms with Gasteiger partial charge < -0.3 is 25.4 Å². The number of likely N-dealkylation sites (tertiary alicyclic amines) is 1. The molecule has 4 rings (SSSR count). The highest BCUT2D eigenvalue weighted by atomic mass is 16.2. The molecule has 1 aliphatic rings. The molecule has 1 aromatic heterocycles. The molecule has 0 radical (unpaired) electrons. The maximum atomic E-state index is 14.0. The molecule has 3 unspecified atom stereocenters. The number of aromatic amines is 1. The number of fused-ring (bicyclic) bond motifs is 1. The Hall–Kier alpha value is -3.65. The van der Waals surface area contributed by atoms with Crippen molar-refractivity contribution in [3.8, 4) is 0 Å². The standard InChI is InChI=1S/C32H43N5O3/c1-22(33-5)29(38)35-28(32(2,3)4)31(40)37-18-11-14-24(37)21-36(19-17-23-12-7-6-8-13-23)30(39)26-20-34-27-16-10-9-15-25(26)27/h6-10,12-13,15-16,20,22,24,28,33-34H,11,14,17-19,21H2,1-5H3,(H,35,38). The first-order chi connectivity index (χ1) is 19.1. The highest BCUT2D eigenvalue weighted by Crippen LogP contribution is 2.27. The first kappa shape index (κ1) is 29.3. The van der Waals surface area contributed by atoms with Gasteiger partial charge in [0.05, 0.1) is 11.6 Å². The fourth-order valence-electron chi connectivity index (χ4n) is 5.39. The average molecular weight is 546 g/mol. The van der Waals surface area contributed by atoms with Crippen LogP contribution in [0.4, 0.5) is 0 Å². The van der Waals surface area contributed by atoms with Crippen LogP contribution in [0.3, 0.4) is 0 Å². The van der Waals surface area contributed by atoms with Gasteiger partial charge in [-0.2, -0.15) is 0 Å². The minimum absolute atomic E-state index is 0.0452. The number of rotatable bonds is 10. The number of carbonyl (C=O) groups is 3. The number of likely N-dealkylation sites (N-methyl/N-ethyl adjacent to an activating group) is 1.